The fourth-order valence-corrected chi connectivity index (χ4v) is 9.72. The number of rotatable bonds is 23. The van der Waals surface area contributed by atoms with Crippen LogP contribution >= 0.6 is 0 Å². The summed E-state index contributed by atoms with van der Waals surface area (Å²) in [6.45, 7) is 15.5. The van der Waals surface area contributed by atoms with Gasteiger partial charge >= 0.3 is 7.12 Å². The van der Waals surface area contributed by atoms with E-state index in [0.29, 0.717) is 30.9 Å². The van der Waals surface area contributed by atoms with Crippen LogP contribution in [0.5, 0.6) is 0 Å². The molecule has 13 N–H and O–H groups in total. The molecule has 19 heteroatoms. The Hall–Kier alpha value is -4.92. The van der Waals surface area contributed by atoms with Crippen LogP contribution in [-0.4, -0.2) is 109 Å². The number of carbonyl (C=O) groups is 6. The summed E-state index contributed by atoms with van der Waals surface area (Å²) in [5, 5.41) is 26.1. The number of benzene rings is 2. The Morgan fingerprint density at radius 2 is 1.47 bits per heavy atom. The summed E-state index contributed by atoms with van der Waals surface area (Å²) in [4.78, 5) is 80.3. The predicted molar refractivity (Wildman–Crippen MR) is 260 cm³/mol. The van der Waals surface area contributed by atoms with Gasteiger partial charge in [-0.05, 0) is 117 Å². The second kappa shape index (κ2) is 23.1. The lowest BCUT2D eigenvalue weighted by molar-refractivity contribution is -0.199. The van der Waals surface area contributed by atoms with Crippen molar-refractivity contribution >= 4 is 42.6 Å². The van der Waals surface area contributed by atoms with Gasteiger partial charge in [-0.3, -0.25) is 28.8 Å². The van der Waals surface area contributed by atoms with Crippen molar-refractivity contribution in [3.05, 3.63) is 59.7 Å². The van der Waals surface area contributed by atoms with E-state index in [4.69, 9.17) is 26.5 Å². The second-order valence-electron chi connectivity index (χ2n) is 20.7. The molecule has 0 radical (unpaired) electrons. The average molecular weight is 946 g/mol. The van der Waals surface area contributed by atoms with Crippen LogP contribution in [0.4, 0.5) is 0 Å². The van der Waals surface area contributed by atoms with Crippen molar-refractivity contribution in [1.29, 1.82) is 0 Å². The Bertz CT molecular complexity index is 2080. The molecule has 4 aliphatic rings. The van der Waals surface area contributed by atoms with Crippen molar-refractivity contribution in [3.8, 4) is 11.1 Å². The number of aliphatic hydroxyl groups is 1. The normalized spacial score (nSPS) is 23.0. The zero-order valence-electron chi connectivity index (χ0n) is 41.1. The maximum absolute atomic E-state index is 13.7. The fraction of sp³-hybridized carbons (Fsp3) is 0.633. The van der Waals surface area contributed by atoms with E-state index in [1.54, 1.807) is 32.9 Å². The van der Waals surface area contributed by atoms with E-state index in [1.165, 1.54) is 12.5 Å². The molecule has 2 aromatic carbocycles. The molecule has 68 heavy (non-hydrogen) atoms. The van der Waals surface area contributed by atoms with Gasteiger partial charge in [0.2, 0.25) is 23.6 Å². The lowest BCUT2D eigenvalue weighted by Crippen LogP contribution is -2.66. The van der Waals surface area contributed by atoms with Crippen molar-refractivity contribution in [1.82, 2.24) is 31.9 Å². The third kappa shape index (κ3) is 13.2. The summed E-state index contributed by atoms with van der Waals surface area (Å²) in [6.07, 6.45) is 2.84. The van der Waals surface area contributed by atoms with Crippen molar-refractivity contribution in [2.24, 2.45) is 39.9 Å². The van der Waals surface area contributed by atoms with Gasteiger partial charge in [-0.25, -0.2) is 0 Å². The molecule has 10 atom stereocenters. The van der Waals surface area contributed by atoms with Gasteiger partial charge in [0, 0.05) is 18.5 Å². The molecule has 6 rings (SSSR count). The lowest BCUT2D eigenvalue weighted by Gasteiger charge is -2.64. The summed E-state index contributed by atoms with van der Waals surface area (Å²) >= 11 is 0. The predicted octanol–water partition coefficient (Wildman–Crippen LogP) is 1.90. The van der Waals surface area contributed by atoms with Gasteiger partial charge in [0.15, 0.2) is 6.17 Å². The zero-order valence-corrected chi connectivity index (χ0v) is 41.1. The fourth-order valence-electron chi connectivity index (χ4n) is 9.72. The lowest BCUT2D eigenvalue weighted by atomic mass is 9.43. The summed E-state index contributed by atoms with van der Waals surface area (Å²) in [5.74, 6) is -3.43. The number of aliphatic hydroxyl groups excluding tert-OH is 1. The highest BCUT2D eigenvalue weighted by Crippen LogP contribution is 2.65. The Labute approximate surface area is 401 Å². The van der Waals surface area contributed by atoms with Crippen LogP contribution in [0, 0.1) is 22.7 Å². The van der Waals surface area contributed by atoms with Gasteiger partial charge in [0.1, 0.15) is 24.2 Å². The van der Waals surface area contributed by atoms with E-state index < -0.39 is 84.1 Å². The molecule has 1 heterocycles. The van der Waals surface area contributed by atoms with Gasteiger partial charge < -0.3 is 63.5 Å². The minimum Gasteiger partial charge on any atom is -0.403 e. The molecule has 2 bridgehead atoms. The molecular formula is C49H76BN9O9. The van der Waals surface area contributed by atoms with Gasteiger partial charge in [0.05, 0.1) is 17.8 Å². The first-order valence-corrected chi connectivity index (χ1v) is 24.2. The molecular weight excluding hydrogens is 869 g/mol. The molecule has 18 nitrogen and oxygen atoms in total. The first-order chi connectivity index (χ1) is 32.0. The van der Waals surface area contributed by atoms with Crippen LogP contribution in [0.2, 0.25) is 0 Å². The maximum Gasteiger partial charge on any atom is 0.497 e. The Balaban J connectivity index is 1.11. The van der Waals surface area contributed by atoms with Gasteiger partial charge in [-0.2, -0.15) is 0 Å². The Morgan fingerprint density at radius 3 is 2.06 bits per heavy atom. The highest BCUT2D eigenvalue weighted by atomic mass is 16.7. The van der Waals surface area contributed by atoms with Crippen LogP contribution in [-0.2, 0) is 39.7 Å². The summed E-state index contributed by atoms with van der Waals surface area (Å²) < 4.78 is 12.6. The van der Waals surface area contributed by atoms with E-state index in [-0.39, 0.29) is 42.7 Å². The minimum absolute atomic E-state index is 0.0193. The highest BCUT2D eigenvalue weighted by Gasteiger charge is 2.68. The topological polar surface area (TPSA) is 291 Å². The maximum atomic E-state index is 13.7. The quantitative estimate of drug-likeness (QED) is 0.0435. The molecule has 6 amide bonds. The summed E-state index contributed by atoms with van der Waals surface area (Å²) in [5.41, 5.74) is 20.7. The highest BCUT2D eigenvalue weighted by molar-refractivity contribution is 6.47. The number of nitrogens with two attached hydrogens (primary N) is 3. The number of nitrogens with one attached hydrogen (secondary N) is 6. The summed E-state index contributed by atoms with van der Waals surface area (Å²) in [6, 6.07) is 10.6. The summed E-state index contributed by atoms with van der Waals surface area (Å²) in [7, 11) is -0.907. The smallest absolute Gasteiger partial charge is 0.403 e. The number of hydrogen-bond acceptors (Lipinski definition) is 12. The average Bonchev–Trinajstić information content (AvgIpc) is 3.66. The molecule has 1 aliphatic heterocycles. The van der Waals surface area contributed by atoms with Crippen molar-refractivity contribution in [2.45, 2.75) is 161 Å². The molecule has 3 saturated carbocycles. The van der Waals surface area contributed by atoms with E-state index in [0.717, 1.165) is 43.2 Å². The molecule has 374 valence electrons. The van der Waals surface area contributed by atoms with Crippen molar-refractivity contribution < 1.29 is 43.2 Å². The Morgan fingerprint density at radius 1 is 0.824 bits per heavy atom. The molecule has 1 saturated heterocycles. The van der Waals surface area contributed by atoms with E-state index >= 15 is 0 Å². The molecule has 0 aromatic heterocycles. The van der Waals surface area contributed by atoms with E-state index in [2.05, 4.69) is 76.9 Å². The van der Waals surface area contributed by atoms with Crippen LogP contribution in [0.3, 0.4) is 0 Å². The molecule has 2 unspecified atom stereocenters. The van der Waals surface area contributed by atoms with Gasteiger partial charge in [-0.15, -0.1) is 0 Å². The molecule has 4 fully saturated rings. The number of aryl methyl sites for hydroxylation is 1. The third-order valence-corrected chi connectivity index (χ3v) is 14.1. The SMILES string of the molecule is CCCCc1ccc(-c2ccc(C(=O)NCCC(=O)N[C@@H](CCCCN)C(=O)N[C@H](C(=O)N[C@@H](N)C(=O)N[C@H](C(=O)N[C@@H](N)B3OC4C[C@@H]5C[C@@H](C5(C)C)[C@]4(C)O3)C(C)(C)C)C(C)O)cc2)cc1. The second-order valence-corrected chi connectivity index (χ2v) is 20.7. The number of unbranched alkanes of at least 4 members (excludes halogenated alkanes) is 2. The molecule has 2 aromatic rings. The molecule has 0 spiro atoms. The van der Waals surface area contributed by atoms with Crippen LogP contribution in [0.15, 0.2) is 48.5 Å². The largest absolute Gasteiger partial charge is 0.497 e. The standard InChI is InChI=1S/C49H76BN9O9/c1-9-10-13-29-15-17-30(18-16-29)31-19-21-32(22-20-31)41(62)54-25-23-37(61)55-34(14-11-12-24-51)42(63)56-38(28(2)60)43(64)58-40(52)45(66)57-39(47(3,4)5)44(65)59-46(53)50-67-36-27-33-26-35(48(33,6)7)49(36,8)68-50/h15-22,28,33-36,38-40,46,60H,9-14,23-27,51-53H2,1-8H3,(H,54,62)(H,55,61)(H,56,63)(H,57,66)(H,58,64)(H,59,65)/t28?,33-,34-,35-,36?,38-,39+,40+,46+,49-/m0/s1. The van der Waals surface area contributed by atoms with Crippen molar-refractivity contribution in [2.75, 3.05) is 13.1 Å². The number of amides is 6. The zero-order chi connectivity index (χ0) is 50.1. The third-order valence-electron chi connectivity index (χ3n) is 14.1. The van der Waals surface area contributed by atoms with Gasteiger partial charge in [-0.1, -0.05) is 84.4 Å². The Kier molecular flexibility index (Phi) is 18.4. The van der Waals surface area contributed by atoms with Gasteiger partial charge in [0.25, 0.3) is 11.8 Å². The van der Waals surface area contributed by atoms with E-state index in [9.17, 15) is 33.9 Å². The minimum atomic E-state index is -1.72. The monoisotopic (exact) mass is 946 g/mol. The molecule has 3 aliphatic carbocycles. The first-order valence-electron chi connectivity index (χ1n) is 24.2. The van der Waals surface area contributed by atoms with Crippen molar-refractivity contribution in [3.63, 3.8) is 0 Å². The first kappa shape index (κ1) is 54.0. The van der Waals surface area contributed by atoms with Crippen LogP contribution < -0.4 is 49.1 Å². The van der Waals surface area contributed by atoms with E-state index in [1.807, 2.05) is 19.1 Å². The number of carbonyl (C=O) groups excluding carboxylic acids is 6. The number of hydrogen-bond donors (Lipinski definition) is 10. The van der Waals surface area contributed by atoms with Crippen LogP contribution in [0.25, 0.3) is 11.1 Å². The van der Waals surface area contributed by atoms with Crippen LogP contribution in [0.1, 0.15) is 123 Å².